The standard InChI is InChI=1S/C17H33NO2/c19-15-10-8-6-4-2-1-3-5-7-9-13-18-14-11-12-17(20)16-18/h15,17,20H,1-14,16H2. The van der Waals surface area contributed by atoms with Gasteiger partial charge in [-0.25, -0.2) is 0 Å². The van der Waals surface area contributed by atoms with Crippen LogP contribution in [-0.2, 0) is 4.79 Å². The Morgan fingerprint density at radius 2 is 1.55 bits per heavy atom. The normalized spacial score (nSPS) is 20.1. The molecule has 1 atom stereocenters. The molecule has 1 aliphatic rings. The smallest absolute Gasteiger partial charge is 0.119 e. The maximum atomic E-state index is 10.2. The molecule has 1 N–H and O–H groups in total. The van der Waals surface area contributed by atoms with E-state index in [4.69, 9.17) is 0 Å². The van der Waals surface area contributed by atoms with Crippen LogP contribution in [0.1, 0.15) is 77.0 Å². The number of carbonyl (C=O) groups is 1. The number of piperidine rings is 1. The van der Waals surface area contributed by atoms with Crippen LogP contribution in [0, 0.1) is 0 Å². The van der Waals surface area contributed by atoms with E-state index in [0.29, 0.717) is 0 Å². The maximum Gasteiger partial charge on any atom is 0.119 e. The van der Waals surface area contributed by atoms with Crippen molar-refractivity contribution in [3.8, 4) is 0 Å². The van der Waals surface area contributed by atoms with Gasteiger partial charge < -0.3 is 14.8 Å². The van der Waals surface area contributed by atoms with Crippen LogP contribution in [0.2, 0.25) is 0 Å². The van der Waals surface area contributed by atoms with Gasteiger partial charge >= 0.3 is 0 Å². The molecule has 1 fully saturated rings. The second-order valence-electron chi connectivity index (χ2n) is 6.23. The SMILES string of the molecule is O=CCCCCCCCCCCCN1CCCC(O)C1. The van der Waals surface area contributed by atoms with Crippen molar-refractivity contribution in [3.05, 3.63) is 0 Å². The lowest BCUT2D eigenvalue weighted by molar-refractivity contribution is -0.107. The average Bonchev–Trinajstić information content (AvgIpc) is 2.45. The molecule has 0 radical (unpaired) electrons. The molecular formula is C17H33NO2. The largest absolute Gasteiger partial charge is 0.392 e. The molecule has 0 saturated carbocycles. The van der Waals surface area contributed by atoms with E-state index in [9.17, 15) is 9.90 Å². The van der Waals surface area contributed by atoms with Crippen molar-refractivity contribution >= 4 is 6.29 Å². The highest BCUT2D eigenvalue weighted by Crippen LogP contribution is 2.13. The summed E-state index contributed by atoms with van der Waals surface area (Å²) in [6, 6.07) is 0. The van der Waals surface area contributed by atoms with Crippen LogP contribution in [0.5, 0.6) is 0 Å². The zero-order valence-corrected chi connectivity index (χ0v) is 13.1. The van der Waals surface area contributed by atoms with Crippen molar-refractivity contribution in [1.82, 2.24) is 4.90 Å². The molecule has 0 aromatic rings. The van der Waals surface area contributed by atoms with Crippen molar-refractivity contribution in [3.63, 3.8) is 0 Å². The number of aldehydes is 1. The maximum absolute atomic E-state index is 10.2. The number of unbranched alkanes of at least 4 members (excludes halogenated alkanes) is 9. The molecule has 1 saturated heterocycles. The third-order valence-electron chi connectivity index (χ3n) is 4.28. The highest BCUT2D eigenvalue weighted by atomic mass is 16.3. The van der Waals surface area contributed by atoms with Crippen molar-refractivity contribution in [2.75, 3.05) is 19.6 Å². The van der Waals surface area contributed by atoms with Crippen LogP contribution in [0.3, 0.4) is 0 Å². The van der Waals surface area contributed by atoms with Gasteiger partial charge in [-0.3, -0.25) is 0 Å². The lowest BCUT2D eigenvalue weighted by Crippen LogP contribution is -2.38. The Morgan fingerprint density at radius 3 is 2.15 bits per heavy atom. The van der Waals surface area contributed by atoms with Crippen molar-refractivity contribution in [1.29, 1.82) is 0 Å². The highest BCUT2D eigenvalue weighted by Gasteiger charge is 2.16. The molecule has 0 aliphatic carbocycles. The molecule has 1 rings (SSSR count). The van der Waals surface area contributed by atoms with Gasteiger partial charge in [0.05, 0.1) is 6.10 Å². The van der Waals surface area contributed by atoms with Crippen molar-refractivity contribution < 1.29 is 9.90 Å². The molecule has 0 spiro atoms. The third-order valence-corrected chi connectivity index (χ3v) is 4.28. The summed E-state index contributed by atoms with van der Waals surface area (Å²) in [5.41, 5.74) is 0. The van der Waals surface area contributed by atoms with Gasteiger partial charge in [-0.15, -0.1) is 0 Å². The topological polar surface area (TPSA) is 40.5 Å². The number of β-amino-alcohol motifs (C(OH)–C–C–N with tert-alkyl or cyclic N) is 1. The number of carbonyl (C=O) groups excluding carboxylic acids is 1. The van der Waals surface area contributed by atoms with Crippen molar-refractivity contribution in [2.24, 2.45) is 0 Å². The molecule has 118 valence electrons. The van der Waals surface area contributed by atoms with Crippen LogP contribution in [0.15, 0.2) is 0 Å². The Balaban J connectivity index is 1.77. The molecule has 1 aliphatic heterocycles. The first-order chi connectivity index (χ1) is 9.83. The van der Waals surface area contributed by atoms with Gasteiger partial charge in [0.2, 0.25) is 0 Å². The van der Waals surface area contributed by atoms with E-state index in [1.165, 1.54) is 64.5 Å². The molecule has 1 unspecified atom stereocenters. The van der Waals surface area contributed by atoms with E-state index < -0.39 is 0 Å². The lowest BCUT2D eigenvalue weighted by atomic mass is 10.1. The Morgan fingerprint density at radius 1 is 0.950 bits per heavy atom. The fraction of sp³-hybridized carbons (Fsp3) is 0.941. The number of nitrogens with zero attached hydrogens (tertiary/aromatic N) is 1. The van der Waals surface area contributed by atoms with E-state index in [-0.39, 0.29) is 6.10 Å². The van der Waals surface area contributed by atoms with Gasteiger partial charge in [0.15, 0.2) is 0 Å². The summed E-state index contributed by atoms with van der Waals surface area (Å²) in [5, 5.41) is 9.60. The van der Waals surface area contributed by atoms with E-state index in [2.05, 4.69) is 4.90 Å². The first-order valence-corrected chi connectivity index (χ1v) is 8.67. The number of aliphatic hydroxyl groups excluding tert-OH is 1. The number of aliphatic hydroxyl groups is 1. The van der Waals surface area contributed by atoms with Gasteiger partial charge in [-0.1, -0.05) is 44.9 Å². The van der Waals surface area contributed by atoms with Gasteiger partial charge in [0.1, 0.15) is 6.29 Å². The number of rotatable bonds is 12. The van der Waals surface area contributed by atoms with E-state index >= 15 is 0 Å². The van der Waals surface area contributed by atoms with E-state index in [0.717, 1.165) is 38.5 Å². The fourth-order valence-corrected chi connectivity index (χ4v) is 3.03. The number of likely N-dealkylation sites (tertiary alicyclic amines) is 1. The second-order valence-corrected chi connectivity index (χ2v) is 6.23. The van der Waals surface area contributed by atoms with Crippen LogP contribution < -0.4 is 0 Å². The van der Waals surface area contributed by atoms with E-state index in [1.54, 1.807) is 0 Å². The fourth-order valence-electron chi connectivity index (χ4n) is 3.03. The molecule has 0 amide bonds. The molecular weight excluding hydrogens is 250 g/mol. The number of hydrogen-bond donors (Lipinski definition) is 1. The van der Waals surface area contributed by atoms with Crippen LogP contribution in [0.25, 0.3) is 0 Å². The molecule has 0 bridgehead atoms. The minimum atomic E-state index is -0.0806. The third kappa shape index (κ3) is 9.49. The Kier molecular flexibility index (Phi) is 10.9. The van der Waals surface area contributed by atoms with Crippen LogP contribution in [0.4, 0.5) is 0 Å². The molecule has 0 aromatic heterocycles. The summed E-state index contributed by atoms with van der Waals surface area (Å²) < 4.78 is 0. The Labute approximate surface area is 124 Å². The van der Waals surface area contributed by atoms with Gasteiger partial charge in [0.25, 0.3) is 0 Å². The quantitative estimate of drug-likeness (QED) is 0.440. The molecule has 1 heterocycles. The van der Waals surface area contributed by atoms with Gasteiger partial charge in [0, 0.05) is 13.0 Å². The lowest BCUT2D eigenvalue weighted by Gasteiger charge is -2.29. The number of hydrogen-bond acceptors (Lipinski definition) is 3. The van der Waals surface area contributed by atoms with Gasteiger partial charge in [-0.2, -0.15) is 0 Å². The minimum Gasteiger partial charge on any atom is -0.392 e. The summed E-state index contributed by atoms with van der Waals surface area (Å²) in [6.45, 7) is 3.24. The minimum absolute atomic E-state index is 0.0806. The van der Waals surface area contributed by atoms with Gasteiger partial charge in [-0.05, 0) is 38.8 Å². The Bertz CT molecular complexity index is 233. The molecule has 0 aromatic carbocycles. The van der Waals surface area contributed by atoms with Crippen molar-refractivity contribution in [2.45, 2.75) is 83.2 Å². The zero-order chi connectivity index (χ0) is 14.5. The Hall–Kier alpha value is -0.410. The monoisotopic (exact) mass is 283 g/mol. The zero-order valence-electron chi connectivity index (χ0n) is 13.1. The first-order valence-electron chi connectivity index (χ1n) is 8.67. The summed E-state index contributed by atoms with van der Waals surface area (Å²) in [7, 11) is 0. The summed E-state index contributed by atoms with van der Waals surface area (Å²) in [6.07, 6.45) is 15.4. The highest BCUT2D eigenvalue weighted by molar-refractivity contribution is 5.48. The predicted octanol–water partition coefficient (Wildman–Crippen LogP) is 3.54. The molecule has 20 heavy (non-hydrogen) atoms. The summed E-state index contributed by atoms with van der Waals surface area (Å²) in [5.74, 6) is 0. The van der Waals surface area contributed by atoms with Crippen LogP contribution >= 0.6 is 0 Å². The predicted molar refractivity (Wildman–Crippen MR) is 83.9 cm³/mol. The summed E-state index contributed by atoms with van der Waals surface area (Å²) in [4.78, 5) is 12.6. The molecule has 3 nitrogen and oxygen atoms in total. The van der Waals surface area contributed by atoms with Crippen LogP contribution in [-0.4, -0.2) is 42.0 Å². The molecule has 3 heteroatoms. The summed E-state index contributed by atoms with van der Waals surface area (Å²) >= 11 is 0. The average molecular weight is 283 g/mol. The van der Waals surface area contributed by atoms with E-state index in [1.807, 2.05) is 0 Å². The second kappa shape index (κ2) is 12.3. The first kappa shape index (κ1) is 17.6.